The van der Waals surface area contributed by atoms with E-state index in [0.717, 1.165) is 16.8 Å². The van der Waals surface area contributed by atoms with Gasteiger partial charge >= 0.3 is 0 Å². The van der Waals surface area contributed by atoms with Crippen LogP contribution in [0.3, 0.4) is 0 Å². The molecular weight excluding hydrogens is 162 g/mol. The van der Waals surface area contributed by atoms with Gasteiger partial charge in [-0.1, -0.05) is 6.07 Å². The summed E-state index contributed by atoms with van der Waals surface area (Å²) in [6.07, 6.45) is 3.75. The van der Waals surface area contributed by atoms with Crippen LogP contribution in [0.5, 0.6) is 0 Å². The van der Waals surface area contributed by atoms with Gasteiger partial charge < -0.3 is 0 Å². The van der Waals surface area contributed by atoms with Crippen molar-refractivity contribution in [3.8, 4) is 0 Å². The molecule has 0 unspecified atom stereocenters. The molecule has 3 rings (SSSR count). The molecule has 3 aromatic rings. The number of rotatable bonds is 0. The largest absolute Gasteiger partial charge is 0.298 e. The highest BCUT2D eigenvalue weighted by molar-refractivity contribution is 5.76. The fraction of sp³-hybridized carbons (Fsp3) is 0. The quantitative estimate of drug-likeness (QED) is 0.514. The fourth-order valence-corrected chi connectivity index (χ4v) is 1.50. The Morgan fingerprint density at radius 1 is 1.08 bits per heavy atom. The first kappa shape index (κ1) is 6.60. The molecule has 3 nitrogen and oxygen atoms in total. The van der Waals surface area contributed by atoms with Crippen molar-refractivity contribution in [2.75, 3.05) is 0 Å². The van der Waals surface area contributed by atoms with Crippen molar-refractivity contribution in [3.05, 3.63) is 42.7 Å². The molecule has 0 amide bonds. The maximum Gasteiger partial charge on any atom is 0.178 e. The zero-order valence-corrected chi connectivity index (χ0v) is 6.88. The van der Waals surface area contributed by atoms with Crippen molar-refractivity contribution in [1.82, 2.24) is 14.4 Å². The van der Waals surface area contributed by atoms with Crippen molar-refractivity contribution in [2.45, 2.75) is 0 Å². The first-order chi connectivity index (χ1) is 6.45. The molecular formula is C10H7N3. The van der Waals surface area contributed by atoms with Crippen LogP contribution < -0.4 is 0 Å². The van der Waals surface area contributed by atoms with Gasteiger partial charge in [0.25, 0.3) is 0 Å². The summed E-state index contributed by atoms with van der Waals surface area (Å²) < 4.78 is 2.03. The SMILES string of the molecule is c1ccn2c(c1)nc1ncccc12. The highest BCUT2D eigenvalue weighted by Gasteiger charge is 2.01. The lowest BCUT2D eigenvalue weighted by atomic mass is 10.4. The summed E-state index contributed by atoms with van der Waals surface area (Å²) in [4.78, 5) is 8.55. The first-order valence-electron chi connectivity index (χ1n) is 4.13. The van der Waals surface area contributed by atoms with Crippen molar-refractivity contribution in [3.63, 3.8) is 0 Å². The normalized spacial score (nSPS) is 11.1. The number of pyridine rings is 2. The molecule has 0 aliphatic carbocycles. The molecule has 0 radical (unpaired) electrons. The Morgan fingerprint density at radius 3 is 3.08 bits per heavy atom. The molecule has 3 heterocycles. The average molecular weight is 169 g/mol. The van der Waals surface area contributed by atoms with Crippen LogP contribution in [-0.4, -0.2) is 14.4 Å². The Morgan fingerprint density at radius 2 is 2.08 bits per heavy atom. The van der Waals surface area contributed by atoms with E-state index in [2.05, 4.69) is 9.97 Å². The maximum absolute atomic E-state index is 4.37. The van der Waals surface area contributed by atoms with Crippen LogP contribution >= 0.6 is 0 Å². The summed E-state index contributed by atoms with van der Waals surface area (Å²) in [5.41, 5.74) is 2.79. The number of hydrogen-bond donors (Lipinski definition) is 0. The second-order valence-corrected chi connectivity index (χ2v) is 2.89. The maximum atomic E-state index is 4.37. The summed E-state index contributed by atoms with van der Waals surface area (Å²) in [7, 11) is 0. The van der Waals surface area contributed by atoms with E-state index in [4.69, 9.17) is 0 Å². The third kappa shape index (κ3) is 0.839. The number of nitrogens with zero attached hydrogens (tertiary/aromatic N) is 3. The van der Waals surface area contributed by atoms with Crippen molar-refractivity contribution < 1.29 is 0 Å². The third-order valence-electron chi connectivity index (χ3n) is 2.08. The van der Waals surface area contributed by atoms with Gasteiger partial charge in [-0.05, 0) is 24.3 Å². The van der Waals surface area contributed by atoms with E-state index in [-0.39, 0.29) is 0 Å². The Bertz CT molecular complexity index is 518. The van der Waals surface area contributed by atoms with Gasteiger partial charge in [0.1, 0.15) is 5.65 Å². The van der Waals surface area contributed by atoms with Gasteiger partial charge in [0, 0.05) is 12.4 Å². The molecule has 62 valence electrons. The van der Waals surface area contributed by atoms with Gasteiger partial charge in [0.15, 0.2) is 5.65 Å². The smallest absolute Gasteiger partial charge is 0.178 e. The molecule has 0 saturated heterocycles. The van der Waals surface area contributed by atoms with E-state index in [0.29, 0.717) is 0 Å². The lowest BCUT2D eigenvalue weighted by molar-refractivity contribution is 1.23. The lowest BCUT2D eigenvalue weighted by Crippen LogP contribution is -1.81. The zero-order valence-electron chi connectivity index (χ0n) is 6.88. The predicted molar refractivity (Wildman–Crippen MR) is 50.5 cm³/mol. The van der Waals surface area contributed by atoms with Gasteiger partial charge in [-0.3, -0.25) is 4.40 Å². The lowest BCUT2D eigenvalue weighted by Gasteiger charge is -1.91. The molecule has 3 heteroatoms. The van der Waals surface area contributed by atoms with E-state index in [1.807, 2.05) is 40.9 Å². The number of hydrogen-bond acceptors (Lipinski definition) is 2. The highest BCUT2D eigenvalue weighted by atomic mass is 15.0. The number of imidazole rings is 1. The van der Waals surface area contributed by atoms with Crippen molar-refractivity contribution in [2.24, 2.45) is 0 Å². The Kier molecular flexibility index (Phi) is 1.16. The summed E-state index contributed by atoms with van der Waals surface area (Å²) in [5, 5.41) is 0. The minimum atomic E-state index is 0.800. The average Bonchev–Trinajstić information content (AvgIpc) is 2.56. The van der Waals surface area contributed by atoms with Crippen LogP contribution in [0.2, 0.25) is 0 Å². The van der Waals surface area contributed by atoms with Crippen LogP contribution in [-0.2, 0) is 0 Å². The molecule has 0 fully saturated rings. The topological polar surface area (TPSA) is 30.2 Å². The van der Waals surface area contributed by atoms with Crippen LogP contribution in [0, 0.1) is 0 Å². The van der Waals surface area contributed by atoms with Gasteiger partial charge in [-0.15, -0.1) is 0 Å². The van der Waals surface area contributed by atoms with E-state index in [9.17, 15) is 0 Å². The molecule has 13 heavy (non-hydrogen) atoms. The van der Waals surface area contributed by atoms with E-state index in [1.54, 1.807) is 6.20 Å². The first-order valence-corrected chi connectivity index (χ1v) is 4.13. The second kappa shape index (κ2) is 2.29. The van der Waals surface area contributed by atoms with Gasteiger partial charge in [0.2, 0.25) is 0 Å². The Hall–Kier alpha value is -1.90. The van der Waals surface area contributed by atoms with Crippen molar-refractivity contribution >= 4 is 16.8 Å². The van der Waals surface area contributed by atoms with Crippen LogP contribution in [0.4, 0.5) is 0 Å². The monoisotopic (exact) mass is 169 g/mol. The number of fused-ring (bicyclic) bond motifs is 3. The highest BCUT2D eigenvalue weighted by Crippen LogP contribution is 2.12. The summed E-state index contributed by atoms with van der Waals surface area (Å²) in [6.45, 7) is 0. The van der Waals surface area contributed by atoms with Crippen LogP contribution in [0.25, 0.3) is 16.8 Å². The predicted octanol–water partition coefficient (Wildman–Crippen LogP) is 1.88. The molecule has 3 aromatic heterocycles. The minimum Gasteiger partial charge on any atom is -0.298 e. The molecule has 0 atom stereocenters. The third-order valence-corrected chi connectivity index (χ3v) is 2.08. The molecule has 0 saturated carbocycles. The molecule has 0 aromatic carbocycles. The van der Waals surface area contributed by atoms with E-state index < -0.39 is 0 Å². The Labute approximate surface area is 74.7 Å². The molecule has 0 spiro atoms. The summed E-state index contributed by atoms with van der Waals surface area (Å²) in [5.74, 6) is 0. The zero-order chi connectivity index (χ0) is 8.67. The van der Waals surface area contributed by atoms with Crippen LogP contribution in [0.1, 0.15) is 0 Å². The van der Waals surface area contributed by atoms with E-state index in [1.165, 1.54) is 0 Å². The molecule has 0 aliphatic rings. The summed E-state index contributed by atoms with van der Waals surface area (Å²) >= 11 is 0. The second-order valence-electron chi connectivity index (χ2n) is 2.89. The number of aromatic nitrogens is 3. The molecule has 0 aliphatic heterocycles. The molecule has 0 bridgehead atoms. The van der Waals surface area contributed by atoms with Gasteiger partial charge in [0.05, 0.1) is 5.52 Å². The van der Waals surface area contributed by atoms with E-state index >= 15 is 0 Å². The fourth-order valence-electron chi connectivity index (χ4n) is 1.50. The summed E-state index contributed by atoms with van der Waals surface area (Å²) in [6, 6.07) is 9.87. The Balaban J connectivity index is 2.64. The van der Waals surface area contributed by atoms with Crippen molar-refractivity contribution in [1.29, 1.82) is 0 Å². The standard InChI is InChI=1S/C10H7N3/c1-2-7-13-8-4-3-6-11-10(8)12-9(13)5-1/h1-7H. The van der Waals surface area contributed by atoms with Gasteiger partial charge in [-0.25, -0.2) is 9.97 Å². The van der Waals surface area contributed by atoms with Crippen LogP contribution in [0.15, 0.2) is 42.7 Å². The van der Waals surface area contributed by atoms with Gasteiger partial charge in [-0.2, -0.15) is 0 Å². The minimum absolute atomic E-state index is 0.800. The molecule has 0 N–H and O–H groups in total.